The molecule has 21 heavy (non-hydrogen) atoms. The summed E-state index contributed by atoms with van der Waals surface area (Å²) in [6.45, 7) is 7.82. The lowest BCUT2D eigenvalue weighted by atomic mass is 9.57. The van der Waals surface area contributed by atoms with Gasteiger partial charge in [0.1, 0.15) is 0 Å². The minimum absolute atomic E-state index is 0.316. The molecule has 0 bridgehead atoms. The van der Waals surface area contributed by atoms with Gasteiger partial charge in [-0.2, -0.15) is 0 Å². The zero-order valence-electron chi connectivity index (χ0n) is 13.1. The van der Waals surface area contributed by atoms with E-state index in [0.717, 1.165) is 52.0 Å². The zero-order valence-corrected chi connectivity index (χ0v) is 13.9. The van der Waals surface area contributed by atoms with Crippen molar-refractivity contribution in [3.05, 3.63) is 16.1 Å². The number of nitrogens with zero attached hydrogens (tertiary/aromatic N) is 1. The van der Waals surface area contributed by atoms with Crippen molar-refractivity contribution in [1.29, 1.82) is 0 Å². The maximum atomic E-state index is 5.97. The van der Waals surface area contributed by atoms with Crippen LogP contribution >= 0.6 is 11.3 Å². The summed E-state index contributed by atoms with van der Waals surface area (Å²) in [4.78, 5) is 5.73. The molecule has 2 atom stereocenters. The largest absolute Gasteiger partial charge is 0.381 e. The SMILES string of the molecule is CCO[C@H]1C[C@@H](NCCc2scnc2C)C12CCOCC2. The Kier molecular flexibility index (Phi) is 4.94. The maximum Gasteiger partial charge on any atom is 0.0797 e. The summed E-state index contributed by atoms with van der Waals surface area (Å²) in [7, 11) is 0. The Morgan fingerprint density at radius 3 is 2.95 bits per heavy atom. The van der Waals surface area contributed by atoms with E-state index >= 15 is 0 Å². The molecule has 1 N–H and O–H groups in total. The average Bonchev–Trinajstić information content (AvgIpc) is 2.92. The molecule has 1 aromatic heterocycles. The van der Waals surface area contributed by atoms with Crippen LogP contribution in [0.1, 0.15) is 36.8 Å². The van der Waals surface area contributed by atoms with E-state index in [0.29, 0.717) is 17.6 Å². The third-order valence-electron chi connectivity index (χ3n) is 5.16. The van der Waals surface area contributed by atoms with E-state index in [1.54, 1.807) is 11.3 Å². The van der Waals surface area contributed by atoms with Gasteiger partial charge in [0.05, 0.1) is 17.3 Å². The van der Waals surface area contributed by atoms with E-state index < -0.39 is 0 Å². The van der Waals surface area contributed by atoms with Gasteiger partial charge in [-0.05, 0) is 39.5 Å². The van der Waals surface area contributed by atoms with Crippen LogP contribution in [0.4, 0.5) is 0 Å². The van der Waals surface area contributed by atoms with Crippen molar-refractivity contribution in [3.8, 4) is 0 Å². The molecule has 1 aliphatic carbocycles. The van der Waals surface area contributed by atoms with Crippen molar-refractivity contribution in [1.82, 2.24) is 10.3 Å². The topological polar surface area (TPSA) is 43.4 Å². The molecule has 0 unspecified atom stereocenters. The molecule has 0 aromatic carbocycles. The van der Waals surface area contributed by atoms with Crippen molar-refractivity contribution >= 4 is 11.3 Å². The van der Waals surface area contributed by atoms with Gasteiger partial charge in [-0.1, -0.05) is 0 Å². The van der Waals surface area contributed by atoms with Gasteiger partial charge in [0.25, 0.3) is 0 Å². The first-order valence-corrected chi connectivity index (χ1v) is 8.96. The highest BCUT2D eigenvalue weighted by Crippen LogP contribution is 2.50. The highest BCUT2D eigenvalue weighted by Gasteiger charge is 2.55. The Balaban J connectivity index is 1.54. The summed E-state index contributed by atoms with van der Waals surface area (Å²) in [6, 6.07) is 0.589. The van der Waals surface area contributed by atoms with Gasteiger partial charge in [-0.15, -0.1) is 11.3 Å². The highest BCUT2D eigenvalue weighted by molar-refractivity contribution is 7.09. The lowest BCUT2D eigenvalue weighted by Gasteiger charge is -2.57. The van der Waals surface area contributed by atoms with Gasteiger partial charge in [0.15, 0.2) is 0 Å². The molecule has 1 aromatic rings. The molecule has 2 fully saturated rings. The van der Waals surface area contributed by atoms with E-state index in [1.165, 1.54) is 10.6 Å². The smallest absolute Gasteiger partial charge is 0.0797 e. The summed E-state index contributed by atoms with van der Waals surface area (Å²) >= 11 is 1.77. The molecule has 1 aliphatic heterocycles. The molecule has 2 aliphatic rings. The van der Waals surface area contributed by atoms with E-state index in [1.807, 2.05) is 5.51 Å². The third kappa shape index (κ3) is 3.02. The molecule has 1 saturated carbocycles. The fourth-order valence-corrected chi connectivity index (χ4v) is 4.60. The molecule has 0 amide bonds. The van der Waals surface area contributed by atoms with Crippen LogP contribution in [0.15, 0.2) is 5.51 Å². The van der Waals surface area contributed by atoms with Crippen molar-refractivity contribution < 1.29 is 9.47 Å². The van der Waals surface area contributed by atoms with E-state index in [-0.39, 0.29) is 0 Å². The standard InChI is InChI=1S/C16H26N2O2S/c1-3-20-15-10-14(16(15)5-8-19-9-6-16)17-7-4-13-12(2)18-11-21-13/h11,14-15,17H,3-10H2,1-2H3/t14-,15+/m1/s1. The molecule has 5 heteroatoms. The molecular formula is C16H26N2O2S. The lowest BCUT2D eigenvalue weighted by molar-refractivity contribution is -0.172. The third-order valence-corrected chi connectivity index (χ3v) is 6.16. The fourth-order valence-electron chi connectivity index (χ4n) is 3.82. The van der Waals surface area contributed by atoms with Crippen LogP contribution in [0.3, 0.4) is 0 Å². The second kappa shape index (κ2) is 6.73. The van der Waals surface area contributed by atoms with Gasteiger partial charge in [0, 0.05) is 42.7 Å². The molecule has 0 radical (unpaired) electrons. The quantitative estimate of drug-likeness (QED) is 0.877. The molecule has 118 valence electrons. The number of aromatic nitrogens is 1. The Morgan fingerprint density at radius 2 is 2.29 bits per heavy atom. The Morgan fingerprint density at radius 1 is 1.48 bits per heavy atom. The van der Waals surface area contributed by atoms with Crippen LogP contribution < -0.4 is 5.32 Å². The van der Waals surface area contributed by atoms with Gasteiger partial charge >= 0.3 is 0 Å². The predicted molar refractivity (Wildman–Crippen MR) is 84.9 cm³/mol. The molecule has 2 heterocycles. The lowest BCUT2D eigenvalue weighted by Crippen LogP contribution is -2.65. The summed E-state index contributed by atoms with van der Waals surface area (Å²) < 4.78 is 11.5. The minimum atomic E-state index is 0.316. The first kappa shape index (κ1) is 15.4. The number of hydrogen-bond acceptors (Lipinski definition) is 5. The number of ether oxygens (including phenoxy) is 2. The number of nitrogens with one attached hydrogen (secondary N) is 1. The summed E-state index contributed by atoms with van der Waals surface area (Å²) in [6.07, 6.45) is 4.92. The molecule has 4 nitrogen and oxygen atoms in total. The van der Waals surface area contributed by atoms with Crippen molar-refractivity contribution in [2.75, 3.05) is 26.4 Å². The first-order valence-electron chi connectivity index (χ1n) is 8.08. The minimum Gasteiger partial charge on any atom is -0.381 e. The second-order valence-corrected chi connectivity index (χ2v) is 7.08. The van der Waals surface area contributed by atoms with Crippen molar-refractivity contribution in [3.63, 3.8) is 0 Å². The van der Waals surface area contributed by atoms with E-state index in [9.17, 15) is 0 Å². The number of hydrogen-bond donors (Lipinski definition) is 1. The van der Waals surface area contributed by atoms with E-state index in [4.69, 9.17) is 9.47 Å². The zero-order chi connectivity index (χ0) is 14.7. The first-order chi connectivity index (χ1) is 10.3. The Hall–Kier alpha value is -0.490. The molecule has 3 rings (SSSR count). The predicted octanol–water partition coefficient (Wildman–Crippen LogP) is 2.56. The average molecular weight is 310 g/mol. The summed E-state index contributed by atoms with van der Waals surface area (Å²) in [5, 5.41) is 3.78. The van der Waals surface area contributed by atoms with Crippen molar-refractivity contribution in [2.24, 2.45) is 5.41 Å². The van der Waals surface area contributed by atoms with E-state index in [2.05, 4.69) is 24.1 Å². The van der Waals surface area contributed by atoms with Gasteiger partial charge in [-0.25, -0.2) is 4.98 Å². The second-order valence-electron chi connectivity index (χ2n) is 6.14. The number of aryl methyl sites for hydroxylation is 1. The van der Waals surface area contributed by atoms with Crippen LogP contribution in [0.2, 0.25) is 0 Å². The van der Waals surface area contributed by atoms with Crippen molar-refractivity contribution in [2.45, 2.75) is 51.7 Å². The highest BCUT2D eigenvalue weighted by atomic mass is 32.1. The Bertz CT molecular complexity index is 457. The van der Waals surface area contributed by atoms with Crippen LogP contribution in [-0.2, 0) is 15.9 Å². The summed E-state index contributed by atoms with van der Waals surface area (Å²) in [5.41, 5.74) is 3.44. The van der Waals surface area contributed by atoms with Gasteiger partial charge in [-0.3, -0.25) is 0 Å². The molecule has 1 saturated heterocycles. The maximum absolute atomic E-state index is 5.97. The molecule has 1 spiro atoms. The number of rotatable bonds is 6. The van der Waals surface area contributed by atoms with Crippen LogP contribution in [0.5, 0.6) is 0 Å². The monoisotopic (exact) mass is 310 g/mol. The van der Waals surface area contributed by atoms with Crippen LogP contribution in [-0.4, -0.2) is 43.5 Å². The number of thiazole rings is 1. The fraction of sp³-hybridized carbons (Fsp3) is 0.812. The Labute approximate surface area is 131 Å². The normalized spacial score (nSPS) is 27.7. The molecular weight excluding hydrogens is 284 g/mol. The van der Waals surface area contributed by atoms with Crippen LogP contribution in [0.25, 0.3) is 0 Å². The summed E-state index contributed by atoms with van der Waals surface area (Å²) in [5.74, 6) is 0. The van der Waals surface area contributed by atoms with Crippen LogP contribution in [0, 0.1) is 12.3 Å². The van der Waals surface area contributed by atoms with Gasteiger partial charge in [0.2, 0.25) is 0 Å². The van der Waals surface area contributed by atoms with Gasteiger partial charge < -0.3 is 14.8 Å².